The number of aryl methyl sites for hydroxylation is 1. The summed E-state index contributed by atoms with van der Waals surface area (Å²) < 4.78 is 5.54. The summed E-state index contributed by atoms with van der Waals surface area (Å²) in [4.78, 5) is 6.42. The molecular weight excluding hydrogens is 268 g/mol. The summed E-state index contributed by atoms with van der Waals surface area (Å²) in [5.74, 6) is 1.30. The molecule has 4 heteroatoms. The fraction of sp³-hybridized carbons (Fsp3) is 0.812. The van der Waals surface area contributed by atoms with Gasteiger partial charge in [-0.05, 0) is 38.1 Å². The highest BCUT2D eigenvalue weighted by atomic mass is 32.1. The molecule has 20 heavy (non-hydrogen) atoms. The van der Waals surface area contributed by atoms with Crippen LogP contribution < -0.4 is 5.32 Å². The molecule has 1 aliphatic rings. The van der Waals surface area contributed by atoms with E-state index in [0.29, 0.717) is 11.8 Å². The van der Waals surface area contributed by atoms with E-state index in [0.717, 1.165) is 19.5 Å². The molecular formula is C16H28N2OS. The van der Waals surface area contributed by atoms with Crippen LogP contribution in [0, 0.1) is 5.92 Å². The van der Waals surface area contributed by atoms with Crippen LogP contribution in [0.25, 0.3) is 0 Å². The highest BCUT2D eigenvalue weighted by Crippen LogP contribution is 2.37. The van der Waals surface area contributed by atoms with E-state index in [-0.39, 0.29) is 6.10 Å². The molecule has 3 nitrogen and oxygen atoms in total. The third-order valence-corrected chi connectivity index (χ3v) is 5.18. The number of nitrogens with zero attached hydrogens (tertiary/aromatic N) is 1. The molecule has 2 atom stereocenters. The number of fused-ring (bicyclic) bond motifs is 1. The summed E-state index contributed by atoms with van der Waals surface area (Å²) in [6.45, 7) is 8.84. The van der Waals surface area contributed by atoms with Crippen molar-refractivity contribution in [3.8, 4) is 0 Å². The van der Waals surface area contributed by atoms with Gasteiger partial charge in [0.15, 0.2) is 0 Å². The molecule has 0 bridgehead atoms. The lowest BCUT2D eigenvalue weighted by molar-refractivity contribution is 0.0996. The number of hydrogen-bond acceptors (Lipinski definition) is 4. The normalized spacial score (nSPS) is 20.1. The number of methoxy groups -OCH3 is 1. The summed E-state index contributed by atoms with van der Waals surface area (Å²) in [7, 11) is 1.79. The first kappa shape index (κ1) is 15.9. The molecule has 1 N–H and O–H groups in total. The largest absolute Gasteiger partial charge is 0.374 e. The van der Waals surface area contributed by atoms with Gasteiger partial charge < -0.3 is 10.1 Å². The zero-order valence-electron chi connectivity index (χ0n) is 13.2. The van der Waals surface area contributed by atoms with Crippen molar-refractivity contribution in [3.05, 3.63) is 15.6 Å². The maximum Gasteiger partial charge on any atom is 0.122 e. The highest BCUT2D eigenvalue weighted by molar-refractivity contribution is 7.11. The number of aromatic nitrogens is 1. The van der Waals surface area contributed by atoms with Gasteiger partial charge in [-0.15, -0.1) is 11.3 Å². The molecule has 0 aromatic carbocycles. The average molecular weight is 296 g/mol. The lowest BCUT2D eigenvalue weighted by atomic mass is 9.91. The van der Waals surface area contributed by atoms with Crippen LogP contribution in [0.2, 0.25) is 0 Å². The van der Waals surface area contributed by atoms with Gasteiger partial charge in [-0.1, -0.05) is 20.8 Å². The number of nitrogens with one attached hydrogen (secondary N) is 1. The number of rotatable bonds is 7. The van der Waals surface area contributed by atoms with Crippen molar-refractivity contribution in [2.45, 2.75) is 58.5 Å². The van der Waals surface area contributed by atoms with E-state index in [4.69, 9.17) is 9.72 Å². The molecule has 1 aliphatic carbocycles. The van der Waals surface area contributed by atoms with Gasteiger partial charge in [0, 0.05) is 24.4 Å². The van der Waals surface area contributed by atoms with Gasteiger partial charge in [-0.3, -0.25) is 0 Å². The van der Waals surface area contributed by atoms with Gasteiger partial charge >= 0.3 is 0 Å². The number of hydrogen-bond donors (Lipinski definition) is 1. The Morgan fingerprint density at radius 3 is 2.90 bits per heavy atom. The summed E-state index contributed by atoms with van der Waals surface area (Å²) in [5, 5.41) is 4.77. The highest BCUT2D eigenvalue weighted by Gasteiger charge is 2.26. The van der Waals surface area contributed by atoms with Gasteiger partial charge in [0.1, 0.15) is 11.1 Å². The van der Waals surface area contributed by atoms with E-state index < -0.39 is 0 Å². The second kappa shape index (κ2) is 7.53. The van der Waals surface area contributed by atoms with Gasteiger partial charge in [-0.25, -0.2) is 4.98 Å². The predicted molar refractivity (Wildman–Crippen MR) is 85.5 cm³/mol. The fourth-order valence-corrected chi connectivity index (χ4v) is 4.21. The lowest BCUT2D eigenvalue weighted by Crippen LogP contribution is -2.27. The molecule has 114 valence electrons. The Labute approximate surface area is 127 Å². The van der Waals surface area contributed by atoms with Crippen LogP contribution in [0.15, 0.2) is 0 Å². The standard InChI is InChI=1S/C16H28N2OS/c1-5-13(19-4)16-18-15-12(10-17-9-11(2)3)7-6-8-14(15)20-16/h11-13,17H,5-10H2,1-4H3. The first-order valence-corrected chi connectivity index (χ1v) is 8.70. The Bertz CT molecular complexity index is 413. The zero-order chi connectivity index (χ0) is 14.5. The van der Waals surface area contributed by atoms with Crippen molar-refractivity contribution in [2.75, 3.05) is 20.2 Å². The van der Waals surface area contributed by atoms with Crippen molar-refractivity contribution in [3.63, 3.8) is 0 Å². The Morgan fingerprint density at radius 2 is 2.25 bits per heavy atom. The summed E-state index contributed by atoms with van der Waals surface area (Å²) in [6, 6.07) is 0. The average Bonchev–Trinajstić information content (AvgIpc) is 2.84. The molecule has 0 spiro atoms. The van der Waals surface area contributed by atoms with Crippen LogP contribution in [-0.2, 0) is 11.2 Å². The Morgan fingerprint density at radius 1 is 1.45 bits per heavy atom. The summed E-state index contributed by atoms with van der Waals surface area (Å²) in [6.07, 6.45) is 4.94. The molecule has 1 aromatic rings. The monoisotopic (exact) mass is 296 g/mol. The van der Waals surface area contributed by atoms with Gasteiger partial charge in [0.25, 0.3) is 0 Å². The topological polar surface area (TPSA) is 34.1 Å². The van der Waals surface area contributed by atoms with Crippen LogP contribution in [-0.4, -0.2) is 25.2 Å². The molecule has 0 amide bonds. The maximum atomic E-state index is 5.54. The fourth-order valence-electron chi connectivity index (χ4n) is 2.85. The molecule has 2 rings (SSSR count). The van der Waals surface area contributed by atoms with Crippen molar-refractivity contribution in [1.29, 1.82) is 0 Å². The molecule has 0 saturated carbocycles. The van der Waals surface area contributed by atoms with Crippen LogP contribution in [0.5, 0.6) is 0 Å². The summed E-state index contributed by atoms with van der Waals surface area (Å²) >= 11 is 1.87. The SMILES string of the molecule is CCC(OC)c1nc2c(s1)CCCC2CNCC(C)C. The van der Waals surface area contributed by atoms with Crippen molar-refractivity contribution in [1.82, 2.24) is 10.3 Å². The molecule has 1 aromatic heterocycles. The van der Waals surface area contributed by atoms with Gasteiger partial charge in [-0.2, -0.15) is 0 Å². The molecule has 0 aliphatic heterocycles. The van der Waals surface area contributed by atoms with Crippen LogP contribution >= 0.6 is 11.3 Å². The Kier molecular flexibility index (Phi) is 6.00. The van der Waals surface area contributed by atoms with E-state index in [1.54, 1.807) is 7.11 Å². The van der Waals surface area contributed by atoms with E-state index in [9.17, 15) is 0 Å². The second-order valence-electron chi connectivity index (χ2n) is 6.13. The minimum Gasteiger partial charge on any atom is -0.374 e. The van der Waals surface area contributed by atoms with E-state index in [1.807, 2.05) is 11.3 Å². The first-order valence-electron chi connectivity index (χ1n) is 7.88. The van der Waals surface area contributed by atoms with E-state index >= 15 is 0 Å². The van der Waals surface area contributed by atoms with Crippen LogP contribution in [0.3, 0.4) is 0 Å². The maximum absolute atomic E-state index is 5.54. The third-order valence-electron chi connectivity index (χ3n) is 3.96. The van der Waals surface area contributed by atoms with E-state index in [2.05, 4.69) is 26.1 Å². The number of ether oxygens (including phenoxy) is 1. The second-order valence-corrected chi connectivity index (χ2v) is 7.25. The van der Waals surface area contributed by atoms with Crippen LogP contribution in [0.4, 0.5) is 0 Å². The molecule has 1 heterocycles. The van der Waals surface area contributed by atoms with Crippen molar-refractivity contribution >= 4 is 11.3 Å². The minimum atomic E-state index is 0.176. The Balaban J connectivity index is 2.06. The van der Waals surface area contributed by atoms with Gasteiger partial charge in [0.2, 0.25) is 0 Å². The predicted octanol–water partition coefficient (Wildman–Crippen LogP) is 3.91. The molecule has 2 unspecified atom stereocenters. The van der Waals surface area contributed by atoms with E-state index in [1.165, 1.54) is 34.8 Å². The zero-order valence-corrected chi connectivity index (χ0v) is 14.1. The minimum absolute atomic E-state index is 0.176. The van der Waals surface area contributed by atoms with Crippen molar-refractivity contribution < 1.29 is 4.74 Å². The first-order chi connectivity index (χ1) is 9.65. The third kappa shape index (κ3) is 3.80. The number of thiazole rings is 1. The quantitative estimate of drug-likeness (QED) is 0.828. The smallest absolute Gasteiger partial charge is 0.122 e. The molecule has 0 fully saturated rings. The Hall–Kier alpha value is -0.450. The van der Waals surface area contributed by atoms with Crippen molar-refractivity contribution in [2.24, 2.45) is 5.92 Å². The molecule has 0 radical (unpaired) electrons. The summed E-state index contributed by atoms with van der Waals surface area (Å²) in [5.41, 5.74) is 1.35. The lowest BCUT2D eigenvalue weighted by Gasteiger charge is -2.22. The van der Waals surface area contributed by atoms with Crippen LogP contribution in [0.1, 0.15) is 67.6 Å². The molecule has 0 saturated heterocycles. The van der Waals surface area contributed by atoms with Gasteiger partial charge in [0.05, 0.1) is 5.69 Å².